The van der Waals surface area contributed by atoms with Crippen molar-refractivity contribution in [1.29, 1.82) is 0 Å². The maximum atomic E-state index is 5.36. The van der Waals surface area contributed by atoms with Crippen LogP contribution in [0.5, 0.6) is 0 Å². The minimum Gasteiger partial charge on any atom is -0.461 e. The predicted octanol–water partition coefficient (Wildman–Crippen LogP) is 3.13. The van der Waals surface area contributed by atoms with Gasteiger partial charge in [-0.3, -0.25) is 0 Å². The highest BCUT2D eigenvalue weighted by Crippen LogP contribution is 2.20. The number of hydrogen-bond donors (Lipinski definition) is 0. The van der Waals surface area contributed by atoms with E-state index in [2.05, 4.69) is 6.92 Å². The molecule has 1 nitrogen and oxygen atoms in total. The average molecular weight is 157 g/mol. The molecule has 2 aromatic rings. The third kappa shape index (κ3) is 1.26. The minimum atomic E-state index is 0.703. The van der Waals surface area contributed by atoms with Crippen LogP contribution in [-0.2, 0) is 0 Å². The molecule has 0 saturated carbocycles. The number of rotatable bonds is 1. The van der Waals surface area contributed by atoms with Crippen molar-refractivity contribution in [2.45, 2.75) is 0 Å². The van der Waals surface area contributed by atoms with Gasteiger partial charge in [-0.05, 0) is 12.1 Å². The quantitative estimate of drug-likeness (QED) is 0.619. The molecule has 1 radical (unpaired) electrons. The van der Waals surface area contributed by atoms with Crippen molar-refractivity contribution in [3.05, 3.63) is 55.1 Å². The summed E-state index contributed by atoms with van der Waals surface area (Å²) in [6.45, 7) is 3.70. The molecule has 0 aliphatic carbocycles. The highest BCUT2D eigenvalue weighted by atomic mass is 16.3. The largest absolute Gasteiger partial charge is 0.461 e. The van der Waals surface area contributed by atoms with Crippen molar-refractivity contribution in [2.24, 2.45) is 0 Å². The third-order valence-corrected chi connectivity index (χ3v) is 1.72. The number of benzene rings is 1. The summed E-state index contributed by atoms with van der Waals surface area (Å²) in [5.41, 5.74) is 1.09. The summed E-state index contributed by atoms with van der Waals surface area (Å²) in [7, 11) is 0. The Balaban J connectivity index is 2.45. The van der Waals surface area contributed by atoms with E-state index in [0.29, 0.717) is 5.76 Å². The zero-order valence-electron chi connectivity index (χ0n) is 6.66. The van der Waals surface area contributed by atoms with E-state index in [4.69, 9.17) is 4.42 Å². The second-order valence-corrected chi connectivity index (χ2v) is 2.63. The summed E-state index contributed by atoms with van der Waals surface area (Å²) >= 11 is 0. The Kier molecular flexibility index (Phi) is 1.71. The van der Waals surface area contributed by atoms with E-state index in [9.17, 15) is 0 Å². The van der Waals surface area contributed by atoms with Crippen molar-refractivity contribution in [3.63, 3.8) is 0 Å². The van der Waals surface area contributed by atoms with Crippen molar-refractivity contribution in [2.75, 3.05) is 0 Å². The van der Waals surface area contributed by atoms with Crippen LogP contribution in [0.15, 0.2) is 46.9 Å². The van der Waals surface area contributed by atoms with E-state index in [1.807, 2.05) is 42.5 Å². The van der Waals surface area contributed by atoms with Gasteiger partial charge >= 0.3 is 0 Å². The van der Waals surface area contributed by atoms with Crippen LogP contribution in [-0.4, -0.2) is 0 Å². The van der Waals surface area contributed by atoms with E-state index in [1.54, 1.807) is 0 Å². The smallest absolute Gasteiger partial charge is 0.134 e. The molecule has 0 bridgehead atoms. The fraction of sp³-hybridized carbons (Fsp3) is 0. The van der Waals surface area contributed by atoms with Crippen LogP contribution in [0.3, 0.4) is 0 Å². The summed E-state index contributed by atoms with van der Waals surface area (Å²) in [5, 5.41) is 0. The normalized spacial score (nSPS) is 10.1. The lowest BCUT2D eigenvalue weighted by Crippen LogP contribution is -1.69. The van der Waals surface area contributed by atoms with Crippen LogP contribution in [0.25, 0.3) is 11.3 Å². The Morgan fingerprint density at radius 2 is 1.67 bits per heavy atom. The van der Waals surface area contributed by atoms with Gasteiger partial charge in [-0.2, -0.15) is 0 Å². The zero-order valence-corrected chi connectivity index (χ0v) is 6.66. The minimum absolute atomic E-state index is 0.703. The summed E-state index contributed by atoms with van der Waals surface area (Å²) in [6.07, 6.45) is 0. The topological polar surface area (TPSA) is 13.1 Å². The second-order valence-electron chi connectivity index (χ2n) is 2.63. The molecule has 0 saturated heterocycles. The molecule has 2 rings (SSSR count). The molecule has 0 spiro atoms. The monoisotopic (exact) mass is 157 g/mol. The van der Waals surface area contributed by atoms with Crippen LogP contribution in [0.2, 0.25) is 0 Å². The molecule has 0 atom stereocenters. The van der Waals surface area contributed by atoms with Crippen LogP contribution < -0.4 is 0 Å². The molecule has 0 amide bonds. The molecule has 1 heterocycles. The third-order valence-electron chi connectivity index (χ3n) is 1.72. The van der Waals surface area contributed by atoms with Gasteiger partial charge in [0.15, 0.2) is 0 Å². The fourth-order valence-electron chi connectivity index (χ4n) is 1.14. The molecule has 0 aliphatic rings. The molecule has 12 heavy (non-hydrogen) atoms. The first-order chi connectivity index (χ1) is 5.86. The molecule has 1 aromatic carbocycles. The molecule has 0 aliphatic heterocycles. The summed E-state index contributed by atoms with van der Waals surface area (Å²) in [5.74, 6) is 1.58. The van der Waals surface area contributed by atoms with Crippen LogP contribution in [0.1, 0.15) is 5.76 Å². The maximum Gasteiger partial charge on any atom is 0.134 e. The molecule has 0 unspecified atom stereocenters. The van der Waals surface area contributed by atoms with E-state index in [1.165, 1.54) is 0 Å². The number of hydrogen-bond acceptors (Lipinski definition) is 1. The standard InChI is InChI=1S/C11H9O/c1-9-7-8-11(12-9)10-5-3-2-4-6-10/h2-8H,1H2. The number of furan rings is 1. The van der Waals surface area contributed by atoms with E-state index < -0.39 is 0 Å². The van der Waals surface area contributed by atoms with Gasteiger partial charge in [0.1, 0.15) is 11.5 Å². The molecule has 59 valence electrons. The van der Waals surface area contributed by atoms with Crippen molar-refractivity contribution in [1.82, 2.24) is 0 Å². The van der Waals surface area contributed by atoms with Gasteiger partial charge < -0.3 is 4.42 Å². The Morgan fingerprint density at radius 3 is 2.25 bits per heavy atom. The van der Waals surface area contributed by atoms with Crippen molar-refractivity contribution >= 4 is 0 Å². The molecule has 1 heteroatoms. The van der Waals surface area contributed by atoms with Crippen LogP contribution >= 0.6 is 0 Å². The summed E-state index contributed by atoms with van der Waals surface area (Å²) in [4.78, 5) is 0. The molecule has 0 N–H and O–H groups in total. The molecule has 0 fully saturated rings. The van der Waals surface area contributed by atoms with Gasteiger partial charge in [0.05, 0.1) is 0 Å². The SMILES string of the molecule is [CH2]c1ccc(-c2ccccc2)o1. The Morgan fingerprint density at radius 1 is 0.917 bits per heavy atom. The van der Waals surface area contributed by atoms with E-state index in [-0.39, 0.29) is 0 Å². The first-order valence-electron chi connectivity index (χ1n) is 3.83. The van der Waals surface area contributed by atoms with Gasteiger partial charge in [-0.1, -0.05) is 30.3 Å². The van der Waals surface area contributed by atoms with Crippen LogP contribution in [0, 0.1) is 6.92 Å². The van der Waals surface area contributed by atoms with Gasteiger partial charge in [-0.25, -0.2) is 0 Å². The van der Waals surface area contributed by atoms with Crippen LogP contribution in [0.4, 0.5) is 0 Å². The summed E-state index contributed by atoms with van der Waals surface area (Å²) < 4.78 is 5.36. The Labute approximate surface area is 71.6 Å². The lowest BCUT2D eigenvalue weighted by atomic mass is 10.2. The lowest BCUT2D eigenvalue weighted by molar-refractivity contribution is 0.563. The average Bonchev–Trinajstić information content (AvgIpc) is 2.54. The van der Waals surface area contributed by atoms with Gasteiger partial charge in [0.2, 0.25) is 0 Å². The molecule has 1 aromatic heterocycles. The lowest BCUT2D eigenvalue weighted by Gasteiger charge is -1.93. The van der Waals surface area contributed by atoms with E-state index >= 15 is 0 Å². The zero-order chi connectivity index (χ0) is 8.39. The van der Waals surface area contributed by atoms with Crippen molar-refractivity contribution < 1.29 is 4.42 Å². The maximum absolute atomic E-state index is 5.36. The first-order valence-corrected chi connectivity index (χ1v) is 3.83. The summed E-state index contributed by atoms with van der Waals surface area (Å²) in [6, 6.07) is 13.8. The van der Waals surface area contributed by atoms with Gasteiger partial charge in [0, 0.05) is 12.5 Å². The highest BCUT2D eigenvalue weighted by Gasteiger charge is 1.99. The molecular weight excluding hydrogens is 148 g/mol. The fourth-order valence-corrected chi connectivity index (χ4v) is 1.14. The van der Waals surface area contributed by atoms with Crippen molar-refractivity contribution in [3.8, 4) is 11.3 Å². The second kappa shape index (κ2) is 2.86. The molecular formula is C11H9O. The van der Waals surface area contributed by atoms with Gasteiger partial charge in [-0.15, -0.1) is 0 Å². The first kappa shape index (κ1) is 7.17. The highest BCUT2D eigenvalue weighted by molar-refractivity contribution is 5.57. The Hall–Kier alpha value is -1.50. The van der Waals surface area contributed by atoms with E-state index in [0.717, 1.165) is 11.3 Å². The van der Waals surface area contributed by atoms with Gasteiger partial charge in [0.25, 0.3) is 0 Å². The Bertz CT molecular complexity index is 360. The predicted molar refractivity (Wildman–Crippen MR) is 48.6 cm³/mol.